The first-order chi connectivity index (χ1) is 11.9. The van der Waals surface area contributed by atoms with Crippen LogP contribution in [0.4, 0.5) is 0 Å². The van der Waals surface area contributed by atoms with E-state index in [0.29, 0.717) is 17.8 Å². The fourth-order valence-corrected chi connectivity index (χ4v) is 4.05. The molecule has 0 radical (unpaired) electrons. The quantitative estimate of drug-likeness (QED) is 0.859. The zero-order chi connectivity index (χ0) is 15.9. The van der Waals surface area contributed by atoms with Crippen molar-refractivity contribution in [2.75, 3.05) is 13.3 Å². The second-order valence-corrected chi connectivity index (χ2v) is 6.95. The number of hydrogen-bond acceptors (Lipinski definition) is 6. The fraction of sp³-hybridized carbons (Fsp3) is 0.556. The molecule has 1 saturated heterocycles. The summed E-state index contributed by atoms with van der Waals surface area (Å²) in [4.78, 5) is 7.12. The Morgan fingerprint density at radius 3 is 2.88 bits per heavy atom. The van der Waals surface area contributed by atoms with Crippen LogP contribution in [0.25, 0.3) is 11.4 Å². The summed E-state index contributed by atoms with van der Waals surface area (Å²) in [5, 5.41) is 4.15. The Hall–Kier alpha value is -2.08. The van der Waals surface area contributed by atoms with E-state index < -0.39 is 0 Å². The molecule has 126 valence electrons. The first kappa shape index (κ1) is 14.3. The summed E-state index contributed by atoms with van der Waals surface area (Å²) in [7, 11) is 0. The molecule has 1 aromatic heterocycles. The molecule has 6 heteroatoms. The van der Waals surface area contributed by atoms with Crippen LogP contribution in [0.5, 0.6) is 11.5 Å². The van der Waals surface area contributed by atoms with E-state index in [9.17, 15) is 0 Å². The topological polar surface area (TPSA) is 60.6 Å². The van der Waals surface area contributed by atoms with Crippen LogP contribution in [0.15, 0.2) is 22.7 Å². The van der Waals surface area contributed by atoms with E-state index in [-0.39, 0.29) is 6.79 Å². The molecule has 3 heterocycles. The second kappa shape index (κ2) is 5.77. The average molecular weight is 327 g/mol. The lowest BCUT2D eigenvalue weighted by molar-refractivity contribution is 0.115. The van der Waals surface area contributed by atoms with Gasteiger partial charge >= 0.3 is 0 Å². The standard InChI is InChI=1S/C18H21N3O3/c1-3-12(4-1)14-5-2-8-21(14)10-17-19-18(20-24-17)13-6-7-15-16(9-13)23-11-22-15/h6-7,9,12,14H,1-5,8,10-11H2. The molecule has 24 heavy (non-hydrogen) atoms. The van der Waals surface area contributed by atoms with Gasteiger partial charge in [0.15, 0.2) is 11.5 Å². The van der Waals surface area contributed by atoms with Crippen LogP contribution in [-0.2, 0) is 6.54 Å². The number of aromatic nitrogens is 2. The third-order valence-corrected chi connectivity index (χ3v) is 5.55. The summed E-state index contributed by atoms with van der Waals surface area (Å²) in [6.45, 7) is 2.18. The monoisotopic (exact) mass is 327 g/mol. The van der Waals surface area contributed by atoms with Crippen molar-refractivity contribution in [1.82, 2.24) is 15.0 Å². The molecule has 1 aromatic carbocycles. The molecule has 2 aromatic rings. The van der Waals surface area contributed by atoms with E-state index in [1.54, 1.807) is 0 Å². The third-order valence-electron chi connectivity index (χ3n) is 5.55. The number of rotatable bonds is 4. The van der Waals surface area contributed by atoms with Crippen LogP contribution in [0.2, 0.25) is 0 Å². The molecule has 0 amide bonds. The maximum atomic E-state index is 5.51. The minimum atomic E-state index is 0.272. The Labute approximate surface area is 140 Å². The van der Waals surface area contributed by atoms with Crippen LogP contribution in [0.1, 0.15) is 38.0 Å². The molecule has 6 nitrogen and oxygen atoms in total. The van der Waals surface area contributed by atoms with Crippen LogP contribution in [0, 0.1) is 5.92 Å². The van der Waals surface area contributed by atoms with Crippen molar-refractivity contribution >= 4 is 0 Å². The molecule has 5 rings (SSSR count). The summed E-state index contributed by atoms with van der Waals surface area (Å²) in [5.74, 6) is 3.70. The van der Waals surface area contributed by atoms with Crippen LogP contribution in [-0.4, -0.2) is 34.4 Å². The lowest BCUT2D eigenvalue weighted by atomic mass is 9.79. The number of benzene rings is 1. The average Bonchev–Trinajstić information content (AvgIpc) is 3.26. The number of nitrogens with zero attached hydrogens (tertiary/aromatic N) is 3. The second-order valence-electron chi connectivity index (χ2n) is 6.95. The molecule has 0 bridgehead atoms. The molecule has 1 atom stereocenters. The third kappa shape index (κ3) is 2.45. The molecule has 2 aliphatic heterocycles. The fourth-order valence-electron chi connectivity index (χ4n) is 4.05. The van der Waals surface area contributed by atoms with Crippen molar-refractivity contribution in [2.24, 2.45) is 5.92 Å². The lowest BCUT2D eigenvalue weighted by Crippen LogP contribution is -2.38. The molecule has 0 N–H and O–H groups in total. The lowest BCUT2D eigenvalue weighted by Gasteiger charge is -2.36. The first-order valence-electron chi connectivity index (χ1n) is 8.83. The van der Waals surface area contributed by atoms with Gasteiger partial charge in [-0.05, 0) is 56.3 Å². The Bertz CT molecular complexity index is 741. The summed E-state index contributed by atoms with van der Waals surface area (Å²) >= 11 is 0. The van der Waals surface area contributed by atoms with E-state index >= 15 is 0 Å². The molecule has 3 aliphatic rings. The van der Waals surface area contributed by atoms with Crippen molar-refractivity contribution in [3.63, 3.8) is 0 Å². The van der Waals surface area contributed by atoms with Crippen molar-refractivity contribution in [3.8, 4) is 22.9 Å². The number of ether oxygens (including phenoxy) is 2. The number of fused-ring (bicyclic) bond motifs is 1. The zero-order valence-electron chi connectivity index (χ0n) is 13.6. The molecule has 1 aliphatic carbocycles. The highest BCUT2D eigenvalue weighted by atomic mass is 16.7. The summed E-state index contributed by atoms with van der Waals surface area (Å²) in [6, 6.07) is 6.44. The summed E-state index contributed by atoms with van der Waals surface area (Å²) in [5.41, 5.74) is 0.895. The number of likely N-dealkylation sites (tertiary alicyclic amines) is 1. The Morgan fingerprint density at radius 2 is 2.00 bits per heavy atom. The minimum absolute atomic E-state index is 0.272. The Kier molecular flexibility index (Phi) is 3.43. The predicted molar refractivity (Wildman–Crippen MR) is 86.6 cm³/mol. The molecule has 1 saturated carbocycles. The van der Waals surface area contributed by atoms with Crippen molar-refractivity contribution in [2.45, 2.75) is 44.7 Å². The van der Waals surface area contributed by atoms with Gasteiger partial charge in [0, 0.05) is 11.6 Å². The van der Waals surface area contributed by atoms with Crippen molar-refractivity contribution in [3.05, 3.63) is 24.1 Å². The van der Waals surface area contributed by atoms with Gasteiger partial charge in [0.2, 0.25) is 18.5 Å². The van der Waals surface area contributed by atoms with Gasteiger partial charge in [-0.3, -0.25) is 4.90 Å². The van der Waals surface area contributed by atoms with Gasteiger partial charge in [-0.1, -0.05) is 11.6 Å². The summed E-state index contributed by atoms with van der Waals surface area (Å²) in [6.07, 6.45) is 6.75. The van der Waals surface area contributed by atoms with Gasteiger partial charge < -0.3 is 14.0 Å². The van der Waals surface area contributed by atoms with Gasteiger partial charge in [-0.25, -0.2) is 0 Å². The van der Waals surface area contributed by atoms with E-state index in [0.717, 1.165) is 36.1 Å². The highest BCUT2D eigenvalue weighted by Gasteiger charge is 2.35. The SMILES string of the molecule is c1cc2c(cc1-c1noc(CN3CCCC3C3CCC3)n1)OCO2. The van der Waals surface area contributed by atoms with Crippen LogP contribution in [0.3, 0.4) is 0 Å². The molecule has 2 fully saturated rings. The van der Waals surface area contributed by atoms with Gasteiger partial charge in [0.05, 0.1) is 6.54 Å². The van der Waals surface area contributed by atoms with Gasteiger partial charge in [-0.15, -0.1) is 0 Å². The number of hydrogen-bond donors (Lipinski definition) is 0. The molecular weight excluding hydrogens is 306 g/mol. The zero-order valence-corrected chi connectivity index (χ0v) is 13.6. The van der Waals surface area contributed by atoms with E-state index in [2.05, 4.69) is 15.0 Å². The van der Waals surface area contributed by atoms with Crippen molar-refractivity contribution in [1.29, 1.82) is 0 Å². The highest BCUT2D eigenvalue weighted by molar-refractivity contribution is 5.61. The highest BCUT2D eigenvalue weighted by Crippen LogP contribution is 2.38. The Morgan fingerprint density at radius 1 is 1.08 bits per heavy atom. The first-order valence-corrected chi connectivity index (χ1v) is 8.83. The smallest absolute Gasteiger partial charge is 0.241 e. The van der Waals surface area contributed by atoms with Crippen LogP contribution >= 0.6 is 0 Å². The van der Waals surface area contributed by atoms with Crippen molar-refractivity contribution < 1.29 is 14.0 Å². The Balaban J connectivity index is 1.32. The van der Waals surface area contributed by atoms with E-state index in [4.69, 9.17) is 14.0 Å². The maximum absolute atomic E-state index is 5.51. The minimum Gasteiger partial charge on any atom is -0.454 e. The molecular formula is C18H21N3O3. The largest absolute Gasteiger partial charge is 0.454 e. The summed E-state index contributed by atoms with van der Waals surface area (Å²) < 4.78 is 16.3. The molecule has 0 spiro atoms. The predicted octanol–water partition coefficient (Wildman–Crippen LogP) is 3.23. The van der Waals surface area contributed by atoms with Gasteiger partial charge in [0.1, 0.15) is 0 Å². The van der Waals surface area contributed by atoms with E-state index in [1.807, 2.05) is 18.2 Å². The van der Waals surface area contributed by atoms with Crippen LogP contribution < -0.4 is 9.47 Å². The van der Waals surface area contributed by atoms with E-state index in [1.165, 1.54) is 32.1 Å². The molecule has 1 unspecified atom stereocenters. The van der Waals surface area contributed by atoms with Gasteiger partial charge in [-0.2, -0.15) is 4.98 Å². The van der Waals surface area contributed by atoms with Gasteiger partial charge in [0.25, 0.3) is 0 Å². The normalized spacial score (nSPS) is 23.6. The maximum Gasteiger partial charge on any atom is 0.241 e.